The van der Waals surface area contributed by atoms with Crippen LogP contribution in [0.1, 0.15) is 26.7 Å². The highest BCUT2D eigenvalue weighted by Crippen LogP contribution is 2.37. The molecule has 0 saturated carbocycles. The molecule has 1 aliphatic rings. The summed E-state index contributed by atoms with van der Waals surface area (Å²) in [5.41, 5.74) is 7.70. The number of nitrogen functional groups attached to an aromatic ring is 1. The van der Waals surface area contributed by atoms with Crippen LogP contribution < -0.4 is 10.6 Å². The lowest BCUT2D eigenvalue weighted by Gasteiger charge is -2.36. The monoisotopic (exact) mass is 294 g/mol. The molecule has 5 heteroatoms. The Labute approximate surface area is 124 Å². The molecule has 1 aromatic rings. The van der Waals surface area contributed by atoms with Crippen molar-refractivity contribution in [3.8, 4) is 0 Å². The van der Waals surface area contributed by atoms with E-state index in [-0.39, 0.29) is 12.0 Å². The summed E-state index contributed by atoms with van der Waals surface area (Å²) in [6.07, 6.45) is 1.75. The number of hydrogen-bond donors (Lipinski definition) is 1. The first-order valence-electron chi connectivity index (χ1n) is 7.13. The standard InChI is InChI=1S/C15H22N2O2S/c1-3-5-12(15(18)19-4-2)17-8-9-20-14-7-6-11(16)10-13(14)17/h6-7,10,12H,3-5,8-9,16H2,1-2H3. The molecule has 0 saturated heterocycles. The van der Waals surface area contributed by atoms with Gasteiger partial charge in [-0.25, -0.2) is 4.79 Å². The van der Waals surface area contributed by atoms with Crippen molar-refractivity contribution in [2.75, 3.05) is 29.5 Å². The van der Waals surface area contributed by atoms with Gasteiger partial charge in [-0.15, -0.1) is 11.8 Å². The van der Waals surface area contributed by atoms with Crippen molar-refractivity contribution < 1.29 is 9.53 Å². The summed E-state index contributed by atoms with van der Waals surface area (Å²) in [7, 11) is 0. The quantitative estimate of drug-likeness (QED) is 0.668. The van der Waals surface area contributed by atoms with Crippen LogP contribution in [-0.4, -0.2) is 30.9 Å². The molecule has 0 radical (unpaired) electrons. The number of benzene rings is 1. The van der Waals surface area contributed by atoms with Crippen LogP contribution in [0.15, 0.2) is 23.1 Å². The molecule has 1 atom stereocenters. The van der Waals surface area contributed by atoms with Crippen molar-refractivity contribution in [3.63, 3.8) is 0 Å². The lowest BCUT2D eigenvalue weighted by molar-refractivity contribution is -0.144. The molecule has 1 aromatic carbocycles. The molecule has 1 aliphatic heterocycles. The summed E-state index contributed by atoms with van der Waals surface area (Å²) in [6, 6.07) is 5.70. The Bertz CT molecular complexity index is 479. The lowest BCUT2D eigenvalue weighted by atomic mass is 10.1. The molecule has 110 valence electrons. The molecule has 1 heterocycles. The highest BCUT2D eigenvalue weighted by atomic mass is 32.2. The Morgan fingerprint density at radius 3 is 3.00 bits per heavy atom. The zero-order valence-electron chi connectivity index (χ0n) is 12.1. The van der Waals surface area contributed by atoms with Gasteiger partial charge in [-0.05, 0) is 31.5 Å². The lowest BCUT2D eigenvalue weighted by Crippen LogP contribution is -2.45. The van der Waals surface area contributed by atoms with Crippen molar-refractivity contribution in [1.82, 2.24) is 0 Å². The summed E-state index contributed by atoms with van der Waals surface area (Å²) in [5.74, 6) is 0.853. The van der Waals surface area contributed by atoms with Gasteiger partial charge in [0.15, 0.2) is 0 Å². The van der Waals surface area contributed by atoms with Crippen molar-refractivity contribution in [1.29, 1.82) is 0 Å². The number of carbonyl (C=O) groups excluding carboxylic acids is 1. The van der Waals surface area contributed by atoms with E-state index in [0.717, 1.165) is 36.5 Å². The Morgan fingerprint density at radius 1 is 1.50 bits per heavy atom. The van der Waals surface area contributed by atoms with E-state index in [1.807, 2.05) is 36.9 Å². The minimum Gasteiger partial charge on any atom is -0.464 e. The highest BCUT2D eigenvalue weighted by molar-refractivity contribution is 7.99. The topological polar surface area (TPSA) is 55.6 Å². The Kier molecular flexibility index (Phi) is 5.17. The maximum atomic E-state index is 12.2. The van der Waals surface area contributed by atoms with Gasteiger partial charge in [0.25, 0.3) is 0 Å². The summed E-state index contributed by atoms with van der Waals surface area (Å²) < 4.78 is 5.24. The average Bonchev–Trinajstić information content (AvgIpc) is 2.44. The van der Waals surface area contributed by atoms with Crippen LogP contribution in [0.4, 0.5) is 11.4 Å². The van der Waals surface area contributed by atoms with Gasteiger partial charge in [0.05, 0.1) is 12.3 Å². The van der Waals surface area contributed by atoms with Crippen LogP contribution in [0.2, 0.25) is 0 Å². The largest absolute Gasteiger partial charge is 0.464 e. The second-order valence-electron chi connectivity index (χ2n) is 4.83. The molecule has 0 aromatic heterocycles. The molecule has 20 heavy (non-hydrogen) atoms. The minimum absolute atomic E-state index is 0.130. The third-order valence-electron chi connectivity index (χ3n) is 3.38. The zero-order valence-corrected chi connectivity index (χ0v) is 12.9. The van der Waals surface area contributed by atoms with Crippen molar-refractivity contribution in [3.05, 3.63) is 18.2 Å². The van der Waals surface area contributed by atoms with Crippen molar-refractivity contribution >= 4 is 29.1 Å². The molecule has 0 fully saturated rings. The number of fused-ring (bicyclic) bond motifs is 1. The molecule has 0 amide bonds. The van der Waals surface area contributed by atoms with Crippen molar-refractivity contribution in [2.45, 2.75) is 37.6 Å². The Hall–Kier alpha value is -1.36. The van der Waals surface area contributed by atoms with E-state index in [0.29, 0.717) is 6.61 Å². The summed E-state index contributed by atoms with van der Waals surface area (Å²) in [6.45, 7) is 5.21. The summed E-state index contributed by atoms with van der Waals surface area (Å²) >= 11 is 1.81. The van der Waals surface area contributed by atoms with Gasteiger partial charge in [-0.3, -0.25) is 0 Å². The minimum atomic E-state index is -0.207. The van der Waals surface area contributed by atoms with E-state index in [2.05, 4.69) is 11.8 Å². The molecular weight excluding hydrogens is 272 g/mol. The first kappa shape index (κ1) is 15.0. The van der Waals surface area contributed by atoms with Crippen LogP contribution >= 0.6 is 11.8 Å². The number of rotatable bonds is 5. The Morgan fingerprint density at radius 2 is 2.30 bits per heavy atom. The van der Waals surface area contributed by atoms with Gasteiger partial charge in [0, 0.05) is 22.9 Å². The molecule has 0 bridgehead atoms. The van der Waals surface area contributed by atoms with Gasteiger partial charge in [-0.2, -0.15) is 0 Å². The maximum absolute atomic E-state index is 12.2. The van der Waals surface area contributed by atoms with E-state index in [1.54, 1.807) is 0 Å². The van der Waals surface area contributed by atoms with Gasteiger partial charge >= 0.3 is 5.97 Å². The second-order valence-corrected chi connectivity index (χ2v) is 5.96. The number of thioether (sulfide) groups is 1. The van der Waals surface area contributed by atoms with Gasteiger partial charge in [-0.1, -0.05) is 13.3 Å². The van der Waals surface area contributed by atoms with E-state index in [4.69, 9.17) is 10.5 Å². The predicted molar refractivity (Wildman–Crippen MR) is 84.3 cm³/mol. The smallest absolute Gasteiger partial charge is 0.328 e. The first-order chi connectivity index (χ1) is 9.67. The highest BCUT2D eigenvalue weighted by Gasteiger charge is 2.30. The maximum Gasteiger partial charge on any atom is 0.328 e. The fourth-order valence-electron chi connectivity index (χ4n) is 2.49. The first-order valence-corrected chi connectivity index (χ1v) is 8.11. The summed E-state index contributed by atoms with van der Waals surface area (Å²) in [5, 5.41) is 0. The third kappa shape index (κ3) is 3.20. The number of esters is 1. The van der Waals surface area contributed by atoms with Crippen molar-refractivity contribution in [2.24, 2.45) is 0 Å². The van der Waals surface area contributed by atoms with Gasteiger partial charge in [0.1, 0.15) is 6.04 Å². The second kappa shape index (κ2) is 6.88. The van der Waals surface area contributed by atoms with E-state index in [9.17, 15) is 4.79 Å². The van der Waals surface area contributed by atoms with Gasteiger partial charge in [0.2, 0.25) is 0 Å². The predicted octanol–water partition coefficient (Wildman–Crippen LogP) is 2.91. The number of nitrogens with two attached hydrogens (primary N) is 1. The zero-order chi connectivity index (χ0) is 14.5. The van der Waals surface area contributed by atoms with Crippen LogP contribution in [0, 0.1) is 0 Å². The van der Waals surface area contributed by atoms with Gasteiger partial charge < -0.3 is 15.4 Å². The normalized spacial score (nSPS) is 15.6. The fourth-order valence-corrected chi connectivity index (χ4v) is 3.49. The van der Waals surface area contributed by atoms with E-state index >= 15 is 0 Å². The molecule has 2 N–H and O–H groups in total. The molecule has 2 rings (SSSR count). The van der Waals surface area contributed by atoms with Crippen LogP contribution in [0.3, 0.4) is 0 Å². The van der Waals surface area contributed by atoms with E-state index < -0.39 is 0 Å². The summed E-state index contributed by atoms with van der Waals surface area (Å²) in [4.78, 5) is 15.6. The SMILES string of the molecule is CCCC(C(=O)OCC)N1CCSc2ccc(N)cc21. The number of carbonyl (C=O) groups is 1. The molecule has 4 nitrogen and oxygen atoms in total. The Balaban J connectivity index is 2.30. The molecular formula is C15H22N2O2S. The number of ether oxygens (including phenoxy) is 1. The molecule has 0 aliphatic carbocycles. The fraction of sp³-hybridized carbons (Fsp3) is 0.533. The van der Waals surface area contributed by atoms with Crippen LogP contribution in [0.5, 0.6) is 0 Å². The number of anilines is 2. The molecule has 0 spiro atoms. The van der Waals surface area contributed by atoms with E-state index in [1.165, 1.54) is 4.90 Å². The number of hydrogen-bond acceptors (Lipinski definition) is 5. The average molecular weight is 294 g/mol. The van der Waals surface area contributed by atoms with Crippen LogP contribution in [-0.2, 0) is 9.53 Å². The third-order valence-corrected chi connectivity index (χ3v) is 4.42. The number of nitrogens with zero attached hydrogens (tertiary/aromatic N) is 1. The van der Waals surface area contributed by atoms with Crippen LogP contribution in [0.25, 0.3) is 0 Å². The molecule has 1 unspecified atom stereocenters.